The van der Waals surface area contributed by atoms with Crippen LogP contribution < -0.4 is 4.90 Å². The second-order valence-electron chi connectivity index (χ2n) is 6.12. The average Bonchev–Trinajstić information content (AvgIpc) is 3.40. The first-order chi connectivity index (χ1) is 11.7. The molecule has 0 atom stereocenters. The topological polar surface area (TPSA) is 63.9 Å². The van der Waals surface area contributed by atoms with Crippen molar-refractivity contribution >= 4 is 22.8 Å². The molecule has 3 heterocycles. The lowest BCUT2D eigenvalue weighted by atomic mass is 10.1. The molecule has 1 amide bonds. The molecule has 0 bridgehead atoms. The molecule has 1 aliphatic carbocycles. The molecule has 0 radical (unpaired) electrons. The number of aryl methyl sites for hydroxylation is 1. The number of nitrogens with zero attached hydrogens (tertiary/aromatic N) is 5. The number of amides is 1. The Morgan fingerprint density at radius 2 is 2.21 bits per heavy atom. The number of carbonyl (C=O) groups is 1. The number of carbonyl (C=O) groups excluding carboxylic acids is 1. The summed E-state index contributed by atoms with van der Waals surface area (Å²) in [5, 5.41) is 5.18. The van der Waals surface area contributed by atoms with Gasteiger partial charge in [0, 0.05) is 31.4 Å². The van der Waals surface area contributed by atoms with Gasteiger partial charge in [0.25, 0.3) is 5.91 Å². The third kappa shape index (κ3) is 2.44. The second-order valence-corrected chi connectivity index (χ2v) is 6.12. The number of aromatic nitrogens is 4. The molecule has 0 spiro atoms. The van der Waals surface area contributed by atoms with Gasteiger partial charge in [0.15, 0.2) is 5.65 Å². The van der Waals surface area contributed by atoms with Gasteiger partial charge in [-0.05, 0) is 38.0 Å². The number of pyridine rings is 2. The fourth-order valence-electron chi connectivity index (χ4n) is 2.90. The molecule has 6 heteroatoms. The molecule has 3 aromatic heterocycles. The summed E-state index contributed by atoms with van der Waals surface area (Å²) in [6.45, 7) is 2.76. The van der Waals surface area contributed by atoms with E-state index in [9.17, 15) is 4.79 Å². The molecular formula is C18H19N5O. The van der Waals surface area contributed by atoms with Crippen LogP contribution in [-0.4, -0.2) is 32.7 Å². The molecule has 3 aromatic rings. The second kappa shape index (κ2) is 5.70. The van der Waals surface area contributed by atoms with Gasteiger partial charge in [-0.1, -0.05) is 6.07 Å². The lowest BCUT2D eigenvalue weighted by Gasteiger charge is -2.17. The fraction of sp³-hybridized carbons (Fsp3) is 0.333. The quantitative estimate of drug-likeness (QED) is 0.741. The molecule has 1 saturated carbocycles. The molecular weight excluding hydrogens is 302 g/mol. The highest BCUT2D eigenvalue weighted by molar-refractivity contribution is 6.12. The molecule has 0 unspecified atom stereocenters. The summed E-state index contributed by atoms with van der Waals surface area (Å²) in [5.41, 5.74) is 2.44. The van der Waals surface area contributed by atoms with E-state index < -0.39 is 0 Å². The summed E-state index contributed by atoms with van der Waals surface area (Å²) in [6.07, 6.45) is 5.71. The van der Waals surface area contributed by atoms with Crippen molar-refractivity contribution in [1.29, 1.82) is 0 Å². The van der Waals surface area contributed by atoms with Crippen molar-refractivity contribution in [1.82, 2.24) is 19.7 Å². The van der Waals surface area contributed by atoms with E-state index in [2.05, 4.69) is 10.1 Å². The van der Waals surface area contributed by atoms with Crippen LogP contribution in [0.3, 0.4) is 0 Å². The van der Waals surface area contributed by atoms with Crippen molar-refractivity contribution in [2.75, 3.05) is 11.9 Å². The van der Waals surface area contributed by atoms with Crippen LogP contribution in [0, 0.1) is 0 Å². The fourth-order valence-corrected chi connectivity index (χ4v) is 2.90. The van der Waals surface area contributed by atoms with Gasteiger partial charge in [-0.2, -0.15) is 5.10 Å². The first-order valence-electron chi connectivity index (χ1n) is 8.24. The van der Waals surface area contributed by atoms with Gasteiger partial charge in [0.05, 0.1) is 17.1 Å². The molecule has 0 N–H and O–H groups in total. The van der Waals surface area contributed by atoms with Crippen LogP contribution in [0.1, 0.15) is 41.7 Å². The maximum Gasteiger partial charge on any atom is 0.260 e. The summed E-state index contributed by atoms with van der Waals surface area (Å²) in [7, 11) is 1.75. The van der Waals surface area contributed by atoms with Gasteiger partial charge >= 0.3 is 0 Å². The van der Waals surface area contributed by atoms with E-state index >= 15 is 0 Å². The third-order valence-corrected chi connectivity index (χ3v) is 4.45. The van der Waals surface area contributed by atoms with Crippen molar-refractivity contribution < 1.29 is 4.79 Å². The Labute approximate surface area is 140 Å². The minimum Gasteiger partial charge on any atom is -0.296 e. The van der Waals surface area contributed by atoms with Crippen LogP contribution in [0.2, 0.25) is 0 Å². The Kier molecular flexibility index (Phi) is 3.52. The normalized spacial score (nSPS) is 14.1. The molecule has 24 heavy (non-hydrogen) atoms. The highest BCUT2D eigenvalue weighted by atomic mass is 16.2. The summed E-state index contributed by atoms with van der Waals surface area (Å²) < 4.78 is 1.85. The number of rotatable bonds is 4. The summed E-state index contributed by atoms with van der Waals surface area (Å²) >= 11 is 0. The van der Waals surface area contributed by atoms with Gasteiger partial charge < -0.3 is 0 Å². The zero-order valence-corrected chi connectivity index (χ0v) is 13.8. The number of hydrogen-bond acceptors (Lipinski definition) is 4. The smallest absolute Gasteiger partial charge is 0.260 e. The van der Waals surface area contributed by atoms with E-state index in [0.29, 0.717) is 17.3 Å². The van der Waals surface area contributed by atoms with Crippen molar-refractivity contribution in [3.63, 3.8) is 0 Å². The molecule has 0 aromatic carbocycles. The van der Waals surface area contributed by atoms with Gasteiger partial charge in [-0.3, -0.25) is 9.69 Å². The minimum absolute atomic E-state index is 0.0846. The highest BCUT2D eigenvalue weighted by Gasteiger charge is 2.28. The lowest BCUT2D eigenvalue weighted by Crippen LogP contribution is -2.27. The minimum atomic E-state index is -0.0846. The Balaban J connectivity index is 1.82. The van der Waals surface area contributed by atoms with Crippen molar-refractivity contribution in [2.24, 2.45) is 0 Å². The van der Waals surface area contributed by atoms with Gasteiger partial charge in [-0.15, -0.1) is 0 Å². The Hall–Kier alpha value is -2.76. The maximum absolute atomic E-state index is 13.1. The standard InChI is InChI=1S/C18H19N5O/c1-3-23-17-14(11-20-23)13(10-15(21-17)12-7-8-12)18(24)22(2)16-6-4-5-9-19-16/h4-6,9-12H,3,7-8H2,1-2H3. The molecule has 4 rings (SSSR count). The number of anilines is 1. The molecule has 1 aliphatic rings. The van der Waals surface area contributed by atoms with E-state index in [-0.39, 0.29) is 5.91 Å². The van der Waals surface area contributed by atoms with Crippen LogP contribution in [0.25, 0.3) is 11.0 Å². The predicted octanol–water partition coefficient (Wildman–Crippen LogP) is 3.00. The molecule has 1 fully saturated rings. The van der Waals surface area contributed by atoms with Crippen LogP contribution in [-0.2, 0) is 6.54 Å². The first-order valence-corrected chi connectivity index (χ1v) is 8.24. The molecule has 0 aliphatic heterocycles. The molecule has 0 saturated heterocycles. The monoisotopic (exact) mass is 321 g/mol. The highest BCUT2D eigenvalue weighted by Crippen LogP contribution is 2.40. The van der Waals surface area contributed by atoms with E-state index in [4.69, 9.17) is 4.98 Å². The Bertz CT molecular complexity index is 898. The van der Waals surface area contributed by atoms with Crippen LogP contribution in [0.4, 0.5) is 5.82 Å². The van der Waals surface area contributed by atoms with E-state index in [1.54, 1.807) is 24.3 Å². The Morgan fingerprint density at radius 3 is 2.88 bits per heavy atom. The van der Waals surface area contributed by atoms with Crippen molar-refractivity contribution in [3.8, 4) is 0 Å². The van der Waals surface area contributed by atoms with E-state index in [0.717, 1.165) is 36.1 Å². The predicted molar refractivity (Wildman–Crippen MR) is 92.1 cm³/mol. The number of hydrogen-bond donors (Lipinski definition) is 0. The summed E-state index contributed by atoms with van der Waals surface area (Å²) in [4.78, 5) is 23.7. The molecule has 6 nitrogen and oxygen atoms in total. The largest absolute Gasteiger partial charge is 0.296 e. The van der Waals surface area contributed by atoms with Gasteiger partial charge in [0.2, 0.25) is 0 Å². The third-order valence-electron chi connectivity index (χ3n) is 4.45. The van der Waals surface area contributed by atoms with Crippen molar-refractivity contribution in [2.45, 2.75) is 32.2 Å². The van der Waals surface area contributed by atoms with Crippen molar-refractivity contribution in [3.05, 3.63) is 47.9 Å². The number of fused-ring (bicyclic) bond motifs is 1. The molecule has 122 valence electrons. The van der Waals surface area contributed by atoms with Crippen LogP contribution in [0.15, 0.2) is 36.7 Å². The van der Waals surface area contributed by atoms with Crippen LogP contribution >= 0.6 is 0 Å². The summed E-state index contributed by atoms with van der Waals surface area (Å²) in [6, 6.07) is 7.47. The summed E-state index contributed by atoms with van der Waals surface area (Å²) in [5.74, 6) is 1.02. The first kappa shape index (κ1) is 14.8. The van der Waals surface area contributed by atoms with E-state index in [1.165, 1.54) is 0 Å². The maximum atomic E-state index is 13.1. The zero-order valence-electron chi connectivity index (χ0n) is 13.8. The zero-order chi connectivity index (χ0) is 16.7. The average molecular weight is 321 g/mol. The SMILES string of the molecule is CCn1ncc2c(C(=O)N(C)c3ccccn3)cc(C3CC3)nc21. The Morgan fingerprint density at radius 1 is 1.38 bits per heavy atom. The van der Waals surface area contributed by atoms with Gasteiger partial charge in [-0.25, -0.2) is 14.6 Å². The lowest BCUT2D eigenvalue weighted by molar-refractivity contribution is 0.0993. The van der Waals surface area contributed by atoms with E-state index in [1.807, 2.05) is 35.9 Å². The van der Waals surface area contributed by atoms with Crippen LogP contribution in [0.5, 0.6) is 0 Å². The van der Waals surface area contributed by atoms with Gasteiger partial charge in [0.1, 0.15) is 5.82 Å².